The summed E-state index contributed by atoms with van der Waals surface area (Å²) >= 11 is 6.27. The Morgan fingerprint density at radius 2 is 2.31 bits per heavy atom. The molecule has 0 atom stereocenters. The van der Waals surface area contributed by atoms with Crippen LogP contribution in [0.5, 0.6) is 0 Å². The number of Topliss-reactive ketones (excluding diaryl/α,β-unsaturated/α-hetero) is 1. The van der Waals surface area contributed by atoms with Gasteiger partial charge < -0.3 is 0 Å². The third-order valence-corrected chi connectivity index (χ3v) is 4.23. The van der Waals surface area contributed by atoms with Gasteiger partial charge in [0.25, 0.3) is 0 Å². The molecule has 2 aromatic rings. The monoisotopic (exact) mass is 314 g/mol. The van der Waals surface area contributed by atoms with Gasteiger partial charge in [-0.3, -0.25) is 4.79 Å². The molecule has 1 heterocycles. The van der Waals surface area contributed by atoms with Crippen molar-refractivity contribution >= 4 is 45.0 Å². The Kier molecular flexibility index (Phi) is 3.73. The van der Waals surface area contributed by atoms with Crippen LogP contribution in [-0.2, 0) is 0 Å². The number of ketones is 1. The van der Waals surface area contributed by atoms with Gasteiger partial charge in [-0.1, -0.05) is 27.7 Å². The molecule has 0 radical (unpaired) electrons. The molecule has 0 saturated heterocycles. The average Bonchev–Trinajstić information content (AvgIpc) is 2.70. The van der Waals surface area contributed by atoms with Crippen LogP contribution in [0.25, 0.3) is 0 Å². The lowest BCUT2D eigenvalue weighted by Crippen LogP contribution is -1.93. The van der Waals surface area contributed by atoms with Crippen LogP contribution in [0, 0.1) is 0 Å². The predicted molar refractivity (Wildman–Crippen MR) is 68.2 cm³/mol. The molecule has 16 heavy (non-hydrogen) atoms. The molecule has 2 rings (SSSR count). The molecule has 0 N–H and O–H groups in total. The fraction of sp³-hybridized carbons (Fsp3) is 0.100. The van der Waals surface area contributed by atoms with Crippen molar-refractivity contribution in [3.8, 4) is 0 Å². The Morgan fingerprint density at radius 3 is 2.88 bits per heavy atom. The van der Waals surface area contributed by atoms with Gasteiger partial charge in [0.1, 0.15) is 6.33 Å². The van der Waals surface area contributed by atoms with E-state index in [1.54, 1.807) is 6.92 Å². The topological polar surface area (TPSA) is 42.9 Å². The summed E-state index contributed by atoms with van der Waals surface area (Å²) in [4.78, 5) is 16.4. The maximum absolute atomic E-state index is 11.2. The molecule has 82 valence electrons. The molecule has 1 aromatic heterocycles. The van der Waals surface area contributed by atoms with Crippen LogP contribution in [0.15, 0.2) is 38.2 Å². The average molecular weight is 315 g/mol. The van der Waals surface area contributed by atoms with E-state index >= 15 is 0 Å². The minimum atomic E-state index is 0.0549. The van der Waals surface area contributed by atoms with Gasteiger partial charge in [-0.15, -0.1) is 0 Å². The minimum absolute atomic E-state index is 0.0549. The Bertz CT molecular complexity index is 514. The SMILES string of the molecule is CC(=O)c1ccc(Sc2ncns2)cc1Br. The molecule has 0 aliphatic heterocycles. The Morgan fingerprint density at radius 1 is 1.50 bits per heavy atom. The van der Waals surface area contributed by atoms with Crippen LogP contribution in [0.1, 0.15) is 17.3 Å². The molecule has 1 aromatic carbocycles. The van der Waals surface area contributed by atoms with Crippen molar-refractivity contribution in [2.24, 2.45) is 0 Å². The Labute approximate surface area is 110 Å². The maximum atomic E-state index is 11.2. The van der Waals surface area contributed by atoms with Gasteiger partial charge in [0.05, 0.1) is 0 Å². The fourth-order valence-electron chi connectivity index (χ4n) is 1.15. The second-order valence-corrected chi connectivity index (χ2v) is 5.96. The molecule has 0 unspecified atom stereocenters. The van der Waals surface area contributed by atoms with Crippen molar-refractivity contribution in [3.05, 3.63) is 34.6 Å². The first-order chi connectivity index (χ1) is 7.66. The molecule has 0 saturated carbocycles. The smallest absolute Gasteiger partial charge is 0.174 e. The number of halogens is 1. The summed E-state index contributed by atoms with van der Waals surface area (Å²) in [5.41, 5.74) is 0.696. The van der Waals surface area contributed by atoms with Crippen LogP contribution in [0.3, 0.4) is 0 Å². The van der Waals surface area contributed by atoms with Crippen LogP contribution in [0.4, 0.5) is 0 Å². The second kappa shape index (κ2) is 5.07. The van der Waals surface area contributed by atoms with Gasteiger partial charge in [-0.2, -0.15) is 4.37 Å². The summed E-state index contributed by atoms with van der Waals surface area (Å²) in [5, 5.41) is 0. The summed E-state index contributed by atoms with van der Waals surface area (Å²) in [6.45, 7) is 1.55. The van der Waals surface area contributed by atoms with E-state index in [2.05, 4.69) is 25.3 Å². The standard InChI is InChI=1S/C10H7BrN2OS2/c1-6(14)8-3-2-7(4-9(8)11)15-10-12-5-13-16-10/h2-5H,1H3. The first kappa shape index (κ1) is 11.8. The van der Waals surface area contributed by atoms with Crippen molar-refractivity contribution in [1.29, 1.82) is 0 Å². The molecule has 6 heteroatoms. The number of aromatic nitrogens is 2. The number of hydrogen-bond acceptors (Lipinski definition) is 5. The quantitative estimate of drug-likeness (QED) is 0.811. The van der Waals surface area contributed by atoms with Crippen LogP contribution in [-0.4, -0.2) is 15.1 Å². The molecule has 0 fully saturated rings. The summed E-state index contributed by atoms with van der Waals surface area (Å²) in [7, 11) is 0. The van der Waals surface area contributed by atoms with Gasteiger partial charge in [0.2, 0.25) is 0 Å². The van der Waals surface area contributed by atoms with Gasteiger partial charge >= 0.3 is 0 Å². The van der Waals surface area contributed by atoms with Gasteiger partial charge in [0, 0.05) is 14.9 Å². The zero-order valence-electron chi connectivity index (χ0n) is 8.31. The molecule has 3 nitrogen and oxygen atoms in total. The number of carbonyl (C=O) groups excluding carboxylic acids is 1. The van der Waals surface area contributed by atoms with Gasteiger partial charge in [-0.05, 0) is 36.7 Å². The van der Waals surface area contributed by atoms with E-state index in [1.807, 2.05) is 18.2 Å². The summed E-state index contributed by atoms with van der Waals surface area (Å²) in [5.74, 6) is 0.0549. The van der Waals surface area contributed by atoms with Crippen molar-refractivity contribution in [2.75, 3.05) is 0 Å². The van der Waals surface area contributed by atoms with Gasteiger partial charge in [0.15, 0.2) is 10.1 Å². The molecule has 0 amide bonds. The zero-order chi connectivity index (χ0) is 11.5. The highest BCUT2D eigenvalue weighted by Crippen LogP contribution is 2.31. The third kappa shape index (κ3) is 2.69. The fourth-order valence-corrected chi connectivity index (χ4v) is 3.42. The van der Waals surface area contributed by atoms with E-state index in [9.17, 15) is 4.79 Å². The molecule has 0 spiro atoms. The Balaban J connectivity index is 2.24. The number of carbonyl (C=O) groups is 1. The molecular weight excluding hydrogens is 308 g/mol. The largest absolute Gasteiger partial charge is 0.294 e. The zero-order valence-corrected chi connectivity index (χ0v) is 11.5. The molecule has 0 aliphatic rings. The van der Waals surface area contributed by atoms with E-state index < -0.39 is 0 Å². The van der Waals surface area contributed by atoms with Gasteiger partial charge in [-0.25, -0.2) is 4.98 Å². The van der Waals surface area contributed by atoms with E-state index in [0.717, 1.165) is 13.7 Å². The highest BCUT2D eigenvalue weighted by atomic mass is 79.9. The summed E-state index contributed by atoms with van der Waals surface area (Å²) in [6, 6.07) is 5.64. The number of hydrogen-bond donors (Lipinski definition) is 0. The van der Waals surface area contributed by atoms with Crippen molar-refractivity contribution in [2.45, 2.75) is 16.2 Å². The third-order valence-electron chi connectivity index (χ3n) is 1.87. The van der Waals surface area contributed by atoms with E-state index in [4.69, 9.17) is 0 Å². The van der Waals surface area contributed by atoms with E-state index in [-0.39, 0.29) is 5.78 Å². The lowest BCUT2D eigenvalue weighted by atomic mass is 10.2. The van der Waals surface area contributed by atoms with Crippen LogP contribution < -0.4 is 0 Å². The number of nitrogens with zero attached hydrogens (tertiary/aromatic N) is 2. The van der Waals surface area contributed by atoms with E-state index in [1.165, 1.54) is 29.6 Å². The first-order valence-corrected chi connectivity index (χ1v) is 6.80. The molecule has 0 bridgehead atoms. The maximum Gasteiger partial charge on any atom is 0.174 e. The minimum Gasteiger partial charge on any atom is -0.294 e. The van der Waals surface area contributed by atoms with Crippen LogP contribution in [0.2, 0.25) is 0 Å². The van der Waals surface area contributed by atoms with Crippen molar-refractivity contribution in [3.63, 3.8) is 0 Å². The lowest BCUT2D eigenvalue weighted by Gasteiger charge is -2.02. The number of rotatable bonds is 3. The summed E-state index contributed by atoms with van der Waals surface area (Å²) in [6.07, 6.45) is 1.53. The van der Waals surface area contributed by atoms with E-state index in [0.29, 0.717) is 5.56 Å². The van der Waals surface area contributed by atoms with Crippen molar-refractivity contribution < 1.29 is 4.79 Å². The summed E-state index contributed by atoms with van der Waals surface area (Å²) < 4.78 is 5.64. The molecular formula is C10H7BrN2OS2. The van der Waals surface area contributed by atoms with Crippen molar-refractivity contribution in [1.82, 2.24) is 9.36 Å². The lowest BCUT2D eigenvalue weighted by molar-refractivity contribution is 0.101. The number of benzene rings is 1. The Hall–Kier alpha value is -0.720. The highest BCUT2D eigenvalue weighted by Gasteiger charge is 2.07. The van der Waals surface area contributed by atoms with Crippen LogP contribution >= 0.6 is 39.2 Å². The highest BCUT2D eigenvalue weighted by molar-refractivity contribution is 9.10. The second-order valence-electron chi connectivity index (χ2n) is 3.01. The normalized spacial score (nSPS) is 10.4. The predicted octanol–water partition coefficient (Wildman–Crippen LogP) is 3.65. The molecule has 0 aliphatic carbocycles. The first-order valence-electron chi connectivity index (χ1n) is 4.42.